The van der Waals surface area contributed by atoms with Crippen molar-refractivity contribution in [3.63, 3.8) is 0 Å². The average Bonchev–Trinajstić information content (AvgIpc) is 3.26. The fraction of sp³-hybridized carbons (Fsp3) is 0.923. The summed E-state index contributed by atoms with van der Waals surface area (Å²) in [6, 6.07) is 0. The van der Waals surface area contributed by atoms with Gasteiger partial charge < -0.3 is 55.1 Å². The summed E-state index contributed by atoms with van der Waals surface area (Å²) in [7, 11) is 0. The Balaban J connectivity index is 1.48. The lowest BCUT2D eigenvalue weighted by molar-refractivity contribution is -0.371. The summed E-state index contributed by atoms with van der Waals surface area (Å²) in [5, 5.41) is 88.0. The Morgan fingerprint density at radius 2 is 1.73 bits per heavy atom. The Hall–Kier alpha value is -0.700. The molecule has 0 aromatic rings. The number of hydrogen-bond donors (Lipinski definition) is 8. The second-order valence-corrected chi connectivity index (χ2v) is 13.1. The molecule has 0 aromatic heterocycles. The summed E-state index contributed by atoms with van der Waals surface area (Å²) < 4.78 is 18.1. The van der Waals surface area contributed by atoms with Crippen molar-refractivity contribution in [2.24, 2.45) is 34.0 Å². The largest absolute Gasteiger partial charge is 0.394 e. The molecule has 11 nitrogen and oxygen atoms in total. The van der Waals surface area contributed by atoms with Gasteiger partial charge in [0.05, 0.1) is 31.5 Å². The van der Waals surface area contributed by atoms with Crippen LogP contribution in [0.4, 0.5) is 0 Å². The molecule has 6 rings (SSSR count). The Labute approximate surface area is 215 Å². The molecule has 8 N–H and O–H groups in total. The van der Waals surface area contributed by atoms with E-state index in [-0.39, 0.29) is 12.5 Å². The fourth-order valence-electron chi connectivity index (χ4n) is 9.68. The van der Waals surface area contributed by atoms with Gasteiger partial charge in [0, 0.05) is 22.7 Å². The van der Waals surface area contributed by atoms with E-state index in [4.69, 9.17) is 14.2 Å². The van der Waals surface area contributed by atoms with Gasteiger partial charge in [0.15, 0.2) is 12.1 Å². The molecule has 0 unspecified atom stereocenters. The molecule has 6 aliphatic rings. The number of aliphatic hydroxyl groups excluding tert-OH is 7. The first-order valence-corrected chi connectivity index (χ1v) is 13.3. The highest BCUT2D eigenvalue weighted by Crippen LogP contribution is 2.77. The lowest BCUT2D eigenvalue weighted by atomic mass is 9.38. The van der Waals surface area contributed by atoms with E-state index in [0.29, 0.717) is 31.3 Å². The van der Waals surface area contributed by atoms with E-state index >= 15 is 0 Å². The average molecular weight is 529 g/mol. The van der Waals surface area contributed by atoms with Crippen LogP contribution in [0.3, 0.4) is 0 Å². The quantitative estimate of drug-likeness (QED) is 0.189. The highest BCUT2D eigenvalue weighted by molar-refractivity contribution is 5.35. The Morgan fingerprint density at radius 3 is 2.41 bits per heavy atom. The molecule has 4 bridgehead atoms. The van der Waals surface area contributed by atoms with Crippen LogP contribution in [0.15, 0.2) is 12.2 Å². The van der Waals surface area contributed by atoms with E-state index in [0.717, 1.165) is 0 Å². The van der Waals surface area contributed by atoms with Crippen LogP contribution in [-0.4, -0.2) is 115 Å². The molecule has 1 spiro atoms. The maximum Gasteiger partial charge on any atom is 0.196 e. The first-order chi connectivity index (χ1) is 17.3. The number of fused-ring (bicyclic) bond motifs is 1. The number of aliphatic hydroxyl groups is 8. The van der Waals surface area contributed by atoms with Crippen LogP contribution in [-0.2, 0) is 14.2 Å². The van der Waals surface area contributed by atoms with Crippen LogP contribution in [0.1, 0.15) is 39.5 Å². The van der Waals surface area contributed by atoms with Gasteiger partial charge in [0.2, 0.25) is 0 Å². The summed E-state index contributed by atoms with van der Waals surface area (Å²) in [6.45, 7) is 7.39. The molecule has 0 radical (unpaired) electrons. The molecule has 2 aliphatic heterocycles. The van der Waals surface area contributed by atoms with Gasteiger partial charge in [-0.2, -0.15) is 0 Å². The van der Waals surface area contributed by atoms with Crippen LogP contribution < -0.4 is 0 Å². The summed E-state index contributed by atoms with van der Waals surface area (Å²) in [4.78, 5) is 0. The molecule has 210 valence electrons. The van der Waals surface area contributed by atoms with Gasteiger partial charge in [0.25, 0.3) is 0 Å². The second kappa shape index (κ2) is 8.17. The molecule has 37 heavy (non-hydrogen) atoms. The predicted molar refractivity (Wildman–Crippen MR) is 124 cm³/mol. The molecule has 4 aliphatic carbocycles. The van der Waals surface area contributed by atoms with Crippen LogP contribution in [0.5, 0.6) is 0 Å². The van der Waals surface area contributed by atoms with E-state index in [9.17, 15) is 40.9 Å². The third-order valence-corrected chi connectivity index (χ3v) is 11.1. The minimum Gasteiger partial charge on any atom is -0.394 e. The molecule has 0 amide bonds. The van der Waals surface area contributed by atoms with Crippen LogP contribution in [0.25, 0.3) is 0 Å². The van der Waals surface area contributed by atoms with Crippen molar-refractivity contribution in [1.29, 1.82) is 0 Å². The van der Waals surface area contributed by atoms with Crippen molar-refractivity contribution in [2.45, 2.75) is 100 Å². The maximum absolute atomic E-state index is 12.0. The van der Waals surface area contributed by atoms with E-state index < -0.39 is 95.6 Å². The first kappa shape index (κ1) is 26.5. The van der Waals surface area contributed by atoms with Crippen LogP contribution in [0.2, 0.25) is 0 Å². The van der Waals surface area contributed by atoms with E-state index in [2.05, 4.69) is 6.58 Å². The van der Waals surface area contributed by atoms with E-state index in [1.54, 1.807) is 0 Å². The molecule has 2 heterocycles. The number of hydrogen-bond acceptors (Lipinski definition) is 11. The normalized spacial score (nSPS) is 60.2. The van der Waals surface area contributed by atoms with Gasteiger partial charge in [-0.05, 0) is 42.6 Å². The highest BCUT2D eigenvalue weighted by atomic mass is 16.7. The van der Waals surface area contributed by atoms with Gasteiger partial charge in [-0.15, -0.1) is 0 Å². The Bertz CT molecular complexity index is 957. The third kappa shape index (κ3) is 3.05. The zero-order valence-corrected chi connectivity index (χ0v) is 21.2. The van der Waals surface area contributed by atoms with Crippen molar-refractivity contribution in [2.75, 3.05) is 13.2 Å². The molecule has 2 saturated heterocycles. The first-order valence-electron chi connectivity index (χ1n) is 13.3. The molecule has 6 fully saturated rings. The SMILES string of the molecule is C=C1[C@@H]2C[C@H](O[C@@H]3O[C@H](CO)[C@H](O)[C@H](O)[C@H]3O)[C@@H]3[C@](C2)([C@H](O)[C@]2(O)OC[C@]34[C@H](O)CCC(C)(C)[C@@H]24)[C@H]1O. The van der Waals surface area contributed by atoms with Gasteiger partial charge in [-0.3, -0.25) is 0 Å². The van der Waals surface area contributed by atoms with Gasteiger partial charge in [0.1, 0.15) is 30.5 Å². The minimum absolute atomic E-state index is 0.0549. The van der Waals surface area contributed by atoms with E-state index in [1.165, 1.54) is 0 Å². The summed E-state index contributed by atoms with van der Waals surface area (Å²) >= 11 is 0. The molecular formula is C26H40O11. The second-order valence-electron chi connectivity index (χ2n) is 13.1. The van der Waals surface area contributed by atoms with Crippen molar-refractivity contribution >= 4 is 0 Å². The van der Waals surface area contributed by atoms with Gasteiger partial charge in [-0.25, -0.2) is 0 Å². The lowest BCUT2D eigenvalue weighted by Gasteiger charge is -2.68. The molecule has 15 atom stereocenters. The highest BCUT2D eigenvalue weighted by Gasteiger charge is 2.84. The molecule has 4 saturated carbocycles. The monoisotopic (exact) mass is 528 g/mol. The summed E-state index contributed by atoms with van der Waals surface area (Å²) in [5.74, 6) is -3.68. The lowest BCUT2D eigenvalue weighted by Crippen LogP contribution is -2.77. The van der Waals surface area contributed by atoms with Crippen molar-refractivity contribution in [3.8, 4) is 0 Å². The third-order valence-electron chi connectivity index (χ3n) is 11.1. The molecule has 0 aromatic carbocycles. The Kier molecular flexibility index (Phi) is 5.86. The van der Waals surface area contributed by atoms with Crippen LogP contribution >= 0.6 is 0 Å². The fourth-order valence-corrected chi connectivity index (χ4v) is 9.68. The van der Waals surface area contributed by atoms with Crippen molar-refractivity contribution < 1.29 is 55.1 Å². The van der Waals surface area contributed by atoms with Crippen molar-refractivity contribution in [3.05, 3.63) is 12.2 Å². The number of rotatable bonds is 3. The predicted octanol–water partition coefficient (Wildman–Crippen LogP) is -2.01. The molecule has 11 heteroatoms. The smallest absolute Gasteiger partial charge is 0.196 e. The topological polar surface area (TPSA) is 190 Å². The summed E-state index contributed by atoms with van der Waals surface area (Å²) in [6.07, 6.45) is -10.1. The maximum atomic E-state index is 12.0. The van der Waals surface area contributed by atoms with Gasteiger partial charge in [-0.1, -0.05) is 20.4 Å². The van der Waals surface area contributed by atoms with Crippen LogP contribution in [0, 0.1) is 34.0 Å². The number of ether oxygens (including phenoxy) is 3. The molecular weight excluding hydrogens is 488 g/mol. The van der Waals surface area contributed by atoms with Crippen molar-refractivity contribution in [1.82, 2.24) is 0 Å². The Morgan fingerprint density at radius 1 is 1.03 bits per heavy atom. The minimum atomic E-state index is -2.00. The standard InChI is InChI=1S/C26H40O11/c1-10-11-6-12(36-20-17(31)16(30)15(29)13(8-27)37-20)18-24(7-11,19(10)32)22(33)26(34)21-23(2,3)5-4-14(28)25(18,21)9-35-26/h11-22,27-34H,1,4-9H2,2-3H3/t11-,12+,13-,14-,15+,16+,17-,18-,19+,20-,21-,22+,24+,25+,26-/m1/s1. The van der Waals surface area contributed by atoms with E-state index in [1.807, 2.05) is 13.8 Å². The zero-order valence-electron chi connectivity index (χ0n) is 21.2. The zero-order chi connectivity index (χ0) is 26.9. The summed E-state index contributed by atoms with van der Waals surface area (Å²) in [5.41, 5.74) is -2.45. The van der Waals surface area contributed by atoms with Gasteiger partial charge >= 0.3 is 0 Å².